The number of fused-ring (bicyclic) bond motifs is 1. The number of hydrogen-bond donors (Lipinski definition) is 1. The molecule has 0 spiro atoms. The van der Waals surface area contributed by atoms with E-state index in [1.54, 1.807) is 31.2 Å². The quantitative estimate of drug-likeness (QED) is 0.415. The van der Waals surface area contributed by atoms with Crippen molar-refractivity contribution in [2.45, 2.75) is 34.2 Å². The molecule has 4 rings (SSSR count). The SMILES string of the molecule is Cc1cc(C)c2c(C)c(C(=O)c3c(C)c(C#N)c(=O)n(Cc4ccccc4Cl)c3O)oc2c1. The van der Waals surface area contributed by atoms with Crippen molar-refractivity contribution in [3.8, 4) is 11.9 Å². The van der Waals surface area contributed by atoms with Crippen molar-refractivity contribution in [2.75, 3.05) is 0 Å². The molecule has 6 nitrogen and oxygen atoms in total. The Balaban J connectivity index is 1.96. The predicted molar refractivity (Wildman–Crippen MR) is 126 cm³/mol. The van der Waals surface area contributed by atoms with Crippen molar-refractivity contribution in [1.82, 2.24) is 4.57 Å². The summed E-state index contributed by atoms with van der Waals surface area (Å²) in [6.45, 7) is 7.02. The van der Waals surface area contributed by atoms with Gasteiger partial charge >= 0.3 is 0 Å². The van der Waals surface area contributed by atoms with Crippen LogP contribution in [0.2, 0.25) is 5.02 Å². The molecule has 4 aromatic rings. The van der Waals surface area contributed by atoms with Crippen LogP contribution in [0.4, 0.5) is 0 Å². The average Bonchev–Trinajstić information content (AvgIpc) is 3.09. The molecule has 0 saturated heterocycles. The zero-order chi connectivity index (χ0) is 24.0. The normalized spacial score (nSPS) is 11.0. The maximum Gasteiger partial charge on any atom is 0.271 e. The topological polar surface area (TPSA) is 96.2 Å². The van der Waals surface area contributed by atoms with E-state index in [1.807, 2.05) is 32.0 Å². The lowest BCUT2D eigenvalue weighted by atomic mass is 9.97. The maximum atomic E-state index is 13.6. The molecule has 0 aliphatic carbocycles. The number of furan rings is 1. The molecular formula is C26H21ClN2O4. The predicted octanol–water partition coefficient (Wildman–Crippen LogP) is 5.34. The Morgan fingerprint density at radius 2 is 1.85 bits per heavy atom. The molecule has 0 bridgehead atoms. The molecule has 0 fully saturated rings. The number of nitrogens with zero attached hydrogens (tertiary/aromatic N) is 2. The minimum Gasteiger partial charge on any atom is -0.494 e. The number of aromatic nitrogens is 1. The number of ketones is 1. The molecule has 0 amide bonds. The van der Waals surface area contributed by atoms with Crippen LogP contribution in [0.3, 0.4) is 0 Å². The van der Waals surface area contributed by atoms with Gasteiger partial charge in [0.15, 0.2) is 5.76 Å². The fourth-order valence-electron chi connectivity index (χ4n) is 4.29. The summed E-state index contributed by atoms with van der Waals surface area (Å²) in [6, 6.07) is 12.6. The first kappa shape index (κ1) is 22.4. The van der Waals surface area contributed by atoms with Gasteiger partial charge in [-0.05, 0) is 62.1 Å². The Labute approximate surface area is 195 Å². The highest BCUT2D eigenvalue weighted by molar-refractivity contribution is 6.31. The Morgan fingerprint density at radius 1 is 1.15 bits per heavy atom. The molecule has 0 saturated carbocycles. The molecule has 2 heterocycles. The van der Waals surface area contributed by atoms with Crippen molar-refractivity contribution >= 4 is 28.4 Å². The third-order valence-corrected chi connectivity index (χ3v) is 6.26. The fraction of sp³-hybridized carbons (Fsp3) is 0.192. The van der Waals surface area contributed by atoms with Crippen LogP contribution in [-0.4, -0.2) is 15.5 Å². The number of rotatable bonds is 4. The van der Waals surface area contributed by atoms with Crippen LogP contribution in [0.15, 0.2) is 45.6 Å². The lowest BCUT2D eigenvalue weighted by Crippen LogP contribution is -2.27. The van der Waals surface area contributed by atoms with Gasteiger partial charge < -0.3 is 9.52 Å². The minimum atomic E-state index is -0.697. The molecule has 7 heteroatoms. The summed E-state index contributed by atoms with van der Waals surface area (Å²) in [4.78, 5) is 26.6. The Morgan fingerprint density at radius 3 is 2.52 bits per heavy atom. The molecule has 166 valence electrons. The monoisotopic (exact) mass is 460 g/mol. The molecular weight excluding hydrogens is 440 g/mol. The molecule has 2 aromatic carbocycles. The van der Waals surface area contributed by atoms with Crippen molar-refractivity contribution in [3.63, 3.8) is 0 Å². The van der Waals surface area contributed by atoms with Crippen LogP contribution in [0.25, 0.3) is 11.0 Å². The molecule has 2 aromatic heterocycles. The van der Waals surface area contributed by atoms with Gasteiger partial charge in [0.1, 0.15) is 17.2 Å². The second-order valence-corrected chi connectivity index (χ2v) is 8.54. The zero-order valence-corrected chi connectivity index (χ0v) is 19.4. The van der Waals surface area contributed by atoms with Gasteiger partial charge in [-0.3, -0.25) is 14.2 Å². The minimum absolute atomic E-state index is 0.0592. The third kappa shape index (κ3) is 3.61. The number of carbonyl (C=O) groups excluding carboxylic acids is 1. The van der Waals surface area contributed by atoms with Crippen LogP contribution in [0, 0.1) is 39.0 Å². The van der Waals surface area contributed by atoms with Crippen molar-refractivity contribution in [2.24, 2.45) is 0 Å². The van der Waals surface area contributed by atoms with Gasteiger partial charge in [-0.2, -0.15) is 5.26 Å². The van der Waals surface area contributed by atoms with Gasteiger partial charge in [0.25, 0.3) is 5.56 Å². The van der Waals surface area contributed by atoms with Crippen LogP contribution < -0.4 is 5.56 Å². The first-order valence-corrected chi connectivity index (χ1v) is 10.7. The highest BCUT2D eigenvalue weighted by Crippen LogP contribution is 2.33. The first-order valence-electron chi connectivity index (χ1n) is 10.3. The van der Waals surface area contributed by atoms with Gasteiger partial charge in [0.2, 0.25) is 11.7 Å². The van der Waals surface area contributed by atoms with Crippen molar-refractivity contribution in [1.29, 1.82) is 5.26 Å². The number of aryl methyl sites for hydroxylation is 3. The smallest absolute Gasteiger partial charge is 0.271 e. The number of hydrogen-bond acceptors (Lipinski definition) is 5. The number of nitriles is 1. The number of carbonyl (C=O) groups is 1. The lowest BCUT2D eigenvalue weighted by Gasteiger charge is -2.15. The summed E-state index contributed by atoms with van der Waals surface area (Å²) in [5, 5.41) is 21.9. The Hall–Kier alpha value is -3.82. The van der Waals surface area contributed by atoms with E-state index in [4.69, 9.17) is 16.0 Å². The van der Waals surface area contributed by atoms with Gasteiger partial charge in [0, 0.05) is 16.0 Å². The van der Waals surface area contributed by atoms with Crippen LogP contribution in [0.1, 0.15) is 49.5 Å². The Kier molecular flexibility index (Phi) is 5.61. The number of pyridine rings is 1. The third-order valence-electron chi connectivity index (χ3n) is 5.89. The van der Waals surface area contributed by atoms with Crippen LogP contribution in [0.5, 0.6) is 5.88 Å². The van der Waals surface area contributed by atoms with Gasteiger partial charge in [-0.1, -0.05) is 35.9 Å². The van der Waals surface area contributed by atoms with Gasteiger partial charge in [-0.15, -0.1) is 0 Å². The second kappa shape index (κ2) is 8.27. The zero-order valence-electron chi connectivity index (χ0n) is 18.6. The largest absolute Gasteiger partial charge is 0.494 e. The van der Waals surface area contributed by atoms with E-state index in [0.29, 0.717) is 21.7 Å². The fourth-order valence-corrected chi connectivity index (χ4v) is 4.48. The molecule has 33 heavy (non-hydrogen) atoms. The van der Waals surface area contributed by atoms with E-state index >= 15 is 0 Å². The molecule has 1 N–H and O–H groups in total. The second-order valence-electron chi connectivity index (χ2n) is 8.13. The molecule has 0 aliphatic heterocycles. The van der Waals surface area contributed by atoms with Crippen LogP contribution in [-0.2, 0) is 6.54 Å². The summed E-state index contributed by atoms with van der Waals surface area (Å²) >= 11 is 6.23. The summed E-state index contributed by atoms with van der Waals surface area (Å²) in [7, 11) is 0. The number of halogens is 1. The van der Waals surface area contributed by atoms with Crippen molar-refractivity contribution in [3.05, 3.63) is 96.5 Å². The lowest BCUT2D eigenvalue weighted by molar-refractivity contribution is 0.101. The number of benzene rings is 2. The van der Waals surface area contributed by atoms with E-state index in [9.17, 15) is 20.0 Å². The molecule has 0 radical (unpaired) electrons. The van der Waals surface area contributed by atoms with E-state index < -0.39 is 17.2 Å². The maximum absolute atomic E-state index is 13.6. The number of aromatic hydroxyl groups is 1. The molecule has 0 aliphatic rings. The van der Waals surface area contributed by atoms with Crippen LogP contribution >= 0.6 is 11.6 Å². The first-order chi connectivity index (χ1) is 15.6. The van der Waals surface area contributed by atoms with E-state index in [1.165, 1.54) is 6.92 Å². The summed E-state index contributed by atoms with van der Waals surface area (Å²) in [5.74, 6) is -1.07. The van der Waals surface area contributed by atoms with E-state index in [0.717, 1.165) is 21.1 Å². The van der Waals surface area contributed by atoms with E-state index in [-0.39, 0.29) is 29.0 Å². The standard InChI is InChI=1S/C26H21ClN2O4/c1-13-9-14(2)21-16(4)24(33-20(21)10-13)23(30)22-15(3)18(11-28)25(31)29(26(22)32)12-17-7-5-6-8-19(17)27/h5-10,32H,12H2,1-4H3. The Bertz CT molecular complexity index is 1550. The summed E-state index contributed by atoms with van der Waals surface area (Å²) < 4.78 is 6.91. The van der Waals surface area contributed by atoms with Crippen molar-refractivity contribution < 1.29 is 14.3 Å². The van der Waals surface area contributed by atoms with Gasteiger partial charge in [0.05, 0.1) is 12.1 Å². The van der Waals surface area contributed by atoms with E-state index in [2.05, 4.69) is 0 Å². The highest BCUT2D eigenvalue weighted by atomic mass is 35.5. The van der Waals surface area contributed by atoms with Gasteiger partial charge in [-0.25, -0.2) is 0 Å². The summed E-state index contributed by atoms with van der Waals surface area (Å²) in [6.07, 6.45) is 0. The summed E-state index contributed by atoms with van der Waals surface area (Å²) in [5.41, 5.74) is 2.76. The average molecular weight is 461 g/mol. The highest BCUT2D eigenvalue weighted by Gasteiger charge is 2.29. The molecule has 0 unspecified atom stereocenters. The molecule has 0 atom stereocenters.